The van der Waals surface area contributed by atoms with Crippen molar-refractivity contribution in [2.45, 2.75) is 46.0 Å². The molecule has 344 valence electrons. The monoisotopic (exact) mass is 976 g/mol. The Labute approximate surface area is 399 Å². The summed E-state index contributed by atoms with van der Waals surface area (Å²) in [5, 5.41) is 0. The van der Waals surface area contributed by atoms with E-state index in [0.29, 0.717) is 44.5 Å². The Morgan fingerprint density at radius 1 is 0.162 bits per heavy atom. The molecule has 0 unspecified atom stereocenters. The summed E-state index contributed by atoms with van der Waals surface area (Å²) in [6, 6.07) is 58.7. The van der Waals surface area contributed by atoms with Gasteiger partial charge in [-0.2, -0.15) is 0 Å². The SMILES string of the molecule is O=S1(=O)Cc2ccc(cc2)-c2ccc(cc2)CS(=O)(=O)Cc2ccc(cc2)-c2ccc(cc2)CS(=O)(=O)Cc2ccc(cc2)-c2ccc(cc2)CS(=O)(=O)Cc2ccc(cc2)-c2ccc(cc2)C1. The van der Waals surface area contributed by atoms with Crippen LogP contribution in [0.2, 0.25) is 0 Å². The molecule has 8 aromatic carbocycles. The zero-order chi connectivity index (χ0) is 47.5. The molecular formula is C56H48O8S4. The lowest BCUT2D eigenvalue weighted by atomic mass is 10.0. The molecule has 12 heteroatoms. The minimum Gasteiger partial charge on any atom is -0.228 e. The average Bonchev–Trinajstić information content (AvgIpc) is 3.30. The van der Waals surface area contributed by atoms with Crippen LogP contribution >= 0.6 is 0 Å². The van der Waals surface area contributed by atoms with Crippen molar-refractivity contribution in [3.63, 3.8) is 0 Å². The zero-order valence-corrected chi connectivity index (χ0v) is 40.3. The summed E-state index contributed by atoms with van der Waals surface area (Å²) in [4.78, 5) is 0. The molecule has 0 aliphatic carbocycles. The molecule has 8 nitrogen and oxygen atoms in total. The molecule has 0 fully saturated rings. The number of rotatable bonds is 0. The Balaban J connectivity index is 0.933. The van der Waals surface area contributed by atoms with E-state index in [-0.39, 0.29) is 46.0 Å². The molecule has 8 aromatic rings. The third kappa shape index (κ3) is 12.2. The Morgan fingerprint density at radius 3 is 0.338 bits per heavy atom. The standard InChI is InChI=1S/C56H48O8S4/c57-65(58)33-41-1-17-49(18-2-41)50-19-3-43(4-20-50)35-66(59,60)36-44-9-25-53(26-10-44)54-27-11-47(12-28-54)39-68(63,64)40-48-15-31-56(32-16-48)55-29-13-46(14-30-55)38-67(61,62)37-45-7-23-52(24-8-45)51-21-5-42(34-65)6-22-51/h1-32H,33-40H2. The van der Waals surface area contributed by atoms with Crippen LogP contribution in [-0.4, -0.2) is 33.7 Å². The van der Waals surface area contributed by atoms with E-state index in [1.165, 1.54) is 0 Å². The van der Waals surface area contributed by atoms with Gasteiger partial charge in [-0.25, -0.2) is 33.7 Å². The fourth-order valence-corrected chi connectivity index (χ4v) is 14.6. The van der Waals surface area contributed by atoms with Crippen LogP contribution < -0.4 is 0 Å². The smallest absolute Gasteiger partial charge is 0.158 e. The van der Waals surface area contributed by atoms with E-state index in [0.717, 1.165) is 44.5 Å². The van der Waals surface area contributed by atoms with Crippen LogP contribution in [0.5, 0.6) is 0 Å². The Morgan fingerprint density at radius 2 is 0.250 bits per heavy atom. The molecule has 68 heavy (non-hydrogen) atoms. The molecular weight excluding hydrogens is 929 g/mol. The molecule has 0 saturated heterocycles. The molecule has 13 aliphatic heterocycles. The first-order valence-corrected chi connectivity index (χ1v) is 29.3. The van der Waals surface area contributed by atoms with Gasteiger partial charge in [0.25, 0.3) is 0 Å². The average molecular weight is 977 g/mol. The van der Waals surface area contributed by atoms with Gasteiger partial charge in [-0.3, -0.25) is 0 Å². The van der Waals surface area contributed by atoms with Gasteiger partial charge in [-0.1, -0.05) is 194 Å². The second kappa shape index (κ2) is 19.3. The largest absolute Gasteiger partial charge is 0.228 e. The molecule has 0 spiro atoms. The molecule has 21 rings (SSSR count). The summed E-state index contributed by atoms with van der Waals surface area (Å²) in [5.74, 6) is -1.00. The summed E-state index contributed by atoms with van der Waals surface area (Å²) in [5.41, 5.74) is 12.3. The number of sulfone groups is 4. The molecule has 13 heterocycles. The summed E-state index contributed by atoms with van der Waals surface area (Å²) >= 11 is 0. The number of benzene rings is 8. The van der Waals surface area contributed by atoms with Crippen LogP contribution in [0.25, 0.3) is 44.5 Å². The van der Waals surface area contributed by atoms with Crippen molar-refractivity contribution in [3.05, 3.63) is 239 Å². The van der Waals surface area contributed by atoms with E-state index in [9.17, 15) is 33.7 Å². The predicted octanol–water partition coefficient (Wildman–Crippen LogP) is 11.1. The first kappa shape index (κ1) is 46.7. The summed E-state index contributed by atoms with van der Waals surface area (Å²) in [6.45, 7) is 0. The maximum Gasteiger partial charge on any atom is 0.158 e. The molecule has 0 radical (unpaired) electrons. The van der Waals surface area contributed by atoms with Gasteiger partial charge in [0.05, 0.1) is 46.0 Å². The van der Waals surface area contributed by atoms with Gasteiger partial charge in [-0.05, 0) is 89.0 Å². The van der Waals surface area contributed by atoms with E-state index in [1.54, 1.807) is 97.1 Å². The van der Waals surface area contributed by atoms with Crippen LogP contribution in [0, 0.1) is 0 Å². The maximum atomic E-state index is 13.3. The van der Waals surface area contributed by atoms with Crippen LogP contribution in [0.3, 0.4) is 0 Å². The topological polar surface area (TPSA) is 137 Å². The summed E-state index contributed by atoms with van der Waals surface area (Å²) < 4.78 is 106. The van der Waals surface area contributed by atoms with Gasteiger partial charge < -0.3 is 0 Å². The van der Waals surface area contributed by atoms with Gasteiger partial charge in [0, 0.05) is 0 Å². The van der Waals surface area contributed by atoms with Crippen molar-refractivity contribution in [3.8, 4) is 44.5 Å². The lowest BCUT2D eigenvalue weighted by Gasteiger charge is -2.10. The van der Waals surface area contributed by atoms with E-state index >= 15 is 0 Å². The molecule has 0 aromatic heterocycles. The van der Waals surface area contributed by atoms with E-state index in [2.05, 4.69) is 0 Å². The third-order valence-corrected chi connectivity index (χ3v) is 18.2. The van der Waals surface area contributed by atoms with Crippen molar-refractivity contribution >= 4 is 39.3 Å². The van der Waals surface area contributed by atoms with Crippen LogP contribution in [0.4, 0.5) is 0 Å². The van der Waals surface area contributed by atoms with Crippen molar-refractivity contribution in [1.29, 1.82) is 0 Å². The summed E-state index contributed by atoms with van der Waals surface area (Å²) in [7, 11) is -14.0. The van der Waals surface area contributed by atoms with Crippen LogP contribution in [-0.2, 0) is 85.4 Å². The van der Waals surface area contributed by atoms with Crippen molar-refractivity contribution in [2.75, 3.05) is 0 Å². The van der Waals surface area contributed by atoms with Crippen molar-refractivity contribution in [2.24, 2.45) is 0 Å². The highest BCUT2D eigenvalue weighted by Gasteiger charge is 2.18. The van der Waals surface area contributed by atoms with Crippen LogP contribution in [0.1, 0.15) is 44.5 Å². The maximum absolute atomic E-state index is 13.3. The quantitative estimate of drug-likeness (QED) is 0.146. The first-order chi connectivity index (χ1) is 32.5. The highest BCUT2D eigenvalue weighted by Crippen LogP contribution is 2.28. The first-order valence-electron chi connectivity index (χ1n) is 22.0. The highest BCUT2D eigenvalue weighted by atomic mass is 32.2. The van der Waals surface area contributed by atoms with E-state index < -0.39 is 39.3 Å². The van der Waals surface area contributed by atoms with Gasteiger partial charge in [0.15, 0.2) is 39.3 Å². The molecule has 16 bridgehead atoms. The molecule has 0 amide bonds. The normalized spacial score (nSPS) is 16.7. The van der Waals surface area contributed by atoms with E-state index in [4.69, 9.17) is 0 Å². The van der Waals surface area contributed by atoms with Crippen molar-refractivity contribution in [1.82, 2.24) is 0 Å². The van der Waals surface area contributed by atoms with Gasteiger partial charge in [0.2, 0.25) is 0 Å². The van der Waals surface area contributed by atoms with Gasteiger partial charge >= 0.3 is 0 Å². The fourth-order valence-electron chi connectivity index (χ4n) is 8.58. The molecule has 0 N–H and O–H groups in total. The Bertz CT molecular complexity index is 2820. The lowest BCUT2D eigenvalue weighted by Crippen LogP contribution is -2.08. The van der Waals surface area contributed by atoms with Crippen LogP contribution in [0.15, 0.2) is 194 Å². The third-order valence-electron chi connectivity index (χ3n) is 12.1. The number of hydrogen-bond acceptors (Lipinski definition) is 8. The molecule has 13 aliphatic rings. The lowest BCUT2D eigenvalue weighted by molar-refractivity contribution is 0.592. The Hall–Kier alpha value is -6.44. The summed E-state index contributed by atoms with van der Waals surface area (Å²) in [6.07, 6.45) is 0. The molecule has 0 saturated carbocycles. The number of hydrogen-bond donors (Lipinski definition) is 0. The fraction of sp³-hybridized carbons (Fsp3) is 0.143. The van der Waals surface area contributed by atoms with Crippen molar-refractivity contribution < 1.29 is 33.7 Å². The second-order valence-corrected chi connectivity index (χ2v) is 26.0. The zero-order valence-electron chi connectivity index (χ0n) is 37.0. The van der Waals surface area contributed by atoms with E-state index in [1.807, 2.05) is 97.1 Å². The minimum atomic E-state index is -3.50. The Kier molecular flexibility index (Phi) is 13.2. The van der Waals surface area contributed by atoms with Gasteiger partial charge in [-0.15, -0.1) is 0 Å². The predicted molar refractivity (Wildman–Crippen MR) is 273 cm³/mol. The second-order valence-electron chi connectivity index (χ2n) is 17.7. The molecule has 0 atom stereocenters. The van der Waals surface area contributed by atoms with Gasteiger partial charge in [0.1, 0.15) is 0 Å². The highest BCUT2D eigenvalue weighted by molar-refractivity contribution is 7.90. The minimum absolute atomic E-state index is 0.125.